The second-order valence-electron chi connectivity index (χ2n) is 2.63. The first-order chi connectivity index (χ1) is 5.47. The van der Waals surface area contributed by atoms with Gasteiger partial charge in [-0.05, 0) is 11.6 Å². The van der Waals surface area contributed by atoms with Crippen molar-refractivity contribution in [1.29, 1.82) is 0 Å². The van der Waals surface area contributed by atoms with Crippen LogP contribution in [0.15, 0.2) is 48.6 Å². The van der Waals surface area contributed by atoms with E-state index in [0.29, 0.717) is 5.92 Å². The Morgan fingerprint density at radius 2 is 1.58 bits per heavy atom. The molecule has 0 saturated heterocycles. The van der Waals surface area contributed by atoms with Crippen LogP contribution in [-0.4, -0.2) is 0 Å². The van der Waals surface area contributed by atoms with E-state index in [9.17, 15) is 0 Å². The standard InChI is InChI=1S/C11H9.Zr/c1-2-6-10(7-3-1)11-8-4-5-9-11;/h2-9,11H;. The van der Waals surface area contributed by atoms with E-state index in [1.807, 2.05) is 12.1 Å². The van der Waals surface area contributed by atoms with Crippen molar-refractivity contribution in [2.75, 3.05) is 0 Å². The van der Waals surface area contributed by atoms with Crippen LogP contribution in [0.3, 0.4) is 0 Å². The number of allylic oxidation sites excluding steroid dienone is 4. The fourth-order valence-electron chi connectivity index (χ4n) is 1.28. The minimum absolute atomic E-state index is 0. The summed E-state index contributed by atoms with van der Waals surface area (Å²) in [6.45, 7) is 0. The van der Waals surface area contributed by atoms with Crippen LogP contribution in [0.1, 0.15) is 11.5 Å². The van der Waals surface area contributed by atoms with Crippen LogP contribution >= 0.6 is 0 Å². The van der Waals surface area contributed by atoms with Crippen molar-refractivity contribution in [3.8, 4) is 0 Å². The van der Waals surface area contributed by atoms with E-state index in [1.165, 1.54) is 5.56 Å². The molecule has 0 unspecified atom stereocenters. The SMILES string of the molecule is [Zr].[c]1ccc(C2C=CC=C2)cc1. The van der Waals surface area contributed by atoms with Crippen LogP contribution in [0.5, 0.6) is 0 Å². The van der Waals surface area contributed by atoms with Crippen molar-refractivity contribution < 1.29 is 26.2 Å². The fraction of sp³-hybridized carbons (Fsp3) is 0.0909. The van der Waals surface area contributed by atoms with E-state index in [1.54, 1.807) is 0 Å². The molecule has 1 heteroatoms. The van der Waals surface area contributed by atoms with Gasteiger partial charge in [-0.1, -0.05) is 48.6 Å². The summed E-state index contributed by atoms with van der Waals surface area (Å²) in [7, 11) is 0. The molecule has 1 aromatic carbocycles. The molecule has 0 aliphatic heterocycles. The first-order valence-corrected chi connectivity index (χ1v) is 3.78. The molecule has 0 amide bonds. The molecule has 0 aromatic heterocycles. The Bertz CT molecular complexity index is 273. The molecule has 0 nitrogen and oxygen atoms in total. The zero-order valence-electron chi connectivity index (χ0n) is 6.70. The number of benzene rings is 1. The van der Waals surface area contributed by atoms with Crippen molar-refractivity contribution in [2.24, 2.45) is 0 Å². The molecular weight excluding hydrogens is 223 g/mol. The smallest absolute Gasteiger partial charge is 0.0204 e. The van der Waals surface area contributed by atoms with Gasteiger partial charge in [0.25, 0.3) is 0 Å². The summed E-state index contributed by atoms with van der Waals surface area (Å²) in [6, 6.07) is 11.1. The first kappa shape index (κ1) is 9.67. The van der Waals surface area contributed by atoms with Gasteiger partial charge in [-0.25, -0.2) is 0 Å². The van der Waals surface area contributed by atoms with Gasteiger partial charge < -0.3 is 0 Å². The molecule has 12 heavy (non-hydrogen) atoms. The molecule has 1 aliphatic carbocycles. The number of rotatable bonds is 1. The van der Waals surface area contributed by atoms with Crippen LogP contribution in [0, 0.1) is 6.07 Å². The van der Waals surface area contributed by atoms with Crippen molar-refractivity contribution in [3.63, 3.8) is 0 Å². The van der Waals surface area contributed by atoms with E-state index in [4.69, 9.17) is 0 Å². The van der Waals surface area contributed by atoms with Crippen molar-refractivity contribution >= 4 is 0 Å². The maximum atomic E-state index is 3.01. The summed E-state index contributed by atoms with van der Waals surface area (Å²) in [5, 5.41) is 0. The Hall–Kier alpha value is -0.417. The van der Waals surface area contributed by atoms with Crippen LogP contribution in [-0.2, 0) is 26.2 Å². The first-order valence-electron chi connectivity index (χ1n) is 3.78. The molecule has 0 saturated carbocycles. The normalized spacial score (nSPS) is 14.7. The zero-order valence-corrected chi connectivity index (χ0v) is 9.15. The van der Waals surface area contributed by atoms with Crippen molar-refractivity contribution in [2.45, 2.75) is 5.92 Å². The van der Waals surface area contributed by atoms with Gasteiger partial charge in [0.05, 0.1) is 0 Å². The molecule has 1 radical (unpaired) electrons. The Kier molecular flexibility index (Phi) is 3.68. The Balaban J connectivity index is 0.000000720. The Morgan fingerprint density at radius 3 is 2.17 bits per heavy atom. The minimum atomic E-state index is 0. The van der Waals surface area contributed by atoms with Crippen LogP contribution in [0.25, 0.3) is 0 Å². The summed E-state index contributed by atoms with van der Waals surface area (Å²) in [6.07, 6.45) is 8.55. The van der Waals surface area contributed by atoms with E-state index >= 15 is 0 Å². The van der Waals surface area contributed by atoms with Gasteiger partial charge in [0.1, 0.15) is 0 Å². The number of hydrogen-bond donors (Lipinski definition) is 0. The maximum absolute atomic E-state index is 3.01. The van der Waals surface area contributed by atoms with Gasteiger partial charge in [-0.3, -0.25) is 0 Å². The molecule has 1 aliphatic rings. The van der Waals surface area contributed by atoms with Crippen LogP contribution in [0.2, 0.25) is 0 Å². The summed E-state index contributed by atoms with van der Waals surface area (Å²) < 4.78 is 0. The van der Waals surface area contributed by atoms with Crippen LogP contribution in [0.4, 0.5) is 0 Å². The molecule has 2 rings (SSSR count). The molecule has 0 N–H and O–H groups in total. The van der Waals surface area contributed by atoms with E-state index in [-0.39, 0.29) is 26.2 Å². The van der Waals surface area contributed by atoms with Gasteiger partial charge in [0.2, 0.25) is 0 Å². The van der Waals surface area contributed by atoms with E-state index in [2.05, 4.69) is 42.5 Å². The van der Waals surface area contributed by atoms with E-state index < -0.39 is 0 Å². The second-order valence-corrected chi connectivity index (χ2v) is 2.63. The molecule has 57 valence electrons. The van der Waals surface area contributed by atoms with Crippen LogP contribution < -0.4 is 0 Å². The predicted octanol–water partition coefficient (Wildman–Crippen LogP) is 2.69. The predicted molar refractivity (Wildman–Crippen MR) is 46.3 cm³/mol. The average molecular weight is 232 g/mol. The monoisotopic (exact) mass is 231 g/mol. The maximum Gasteiger partial charge on any atom is 0.0204 e. The summed E-state index contributed by atoms with van der Waals surface area (Å²) in [4.78, 5) is 0. The third kappa shape index (κ3) is 2.04. The Labute approximate surface area is 92.1 Å². The summed E-state index contributed by atoms with van der Waals surface area (Å²) >= 11 is 0. The molecule has 0 fully saturated rings. The summed E-state index contributed by atoms with van der Waals surface area (Å²) in [5.41, 5.74) is 1.34. The molecule has 0 atom stereocenters. The largest absolute Gasteiger partial charge is 0.0732 e. The molecule has 0 bridgehead atoms. The molecule has 1 aromatic rings. The van der Waals surface area contributed by atoms with Gasteiger partial charge >= 0.3 is 0 Å². The van der Waals surface area contributed by atoms with Gasteiger partial charge in [-0.2, -0.15) is 0 Å². The average Bonchev–Trinajstić information content (AvgIpc) is 2.58. The van der Waals surface area contributed by atoms with Gasteiger partial charge in [0.15, 0.2) is 0 Å². The van der Waals surface area contributed by atoms with Gasteiger partial charge in [-0.15, -0.1) is 0 Å². The second kappa shape index (κ2) is 4.57. The topological polar surface area (TPSA) is 0 Å². The minimum Gasteiger partial charge on any atom is -0.0732 e. The van der Waals surface area contributed by atoms with Gasteiger partial charge in [0, 0.05) is 32.1 Å². The molecular formula is C11H9Zr. The zero-order chi connectivity index (χ0) is 7.52. The third-order valence-electron chi connectivity index (χ3n) is 1.88. The third-order valence-corrected chi connectivity index (χ3v) is 1.88. The molecule has 0 heterocycles. The van der Waals surface area contributed by atoms with Crippen molar-refractivity contribution in [1.82, 2.24) is 0 Å². The van der Waals surface area contributed by atoms with E-state index in [0.717, 1.165) is 0 Å². The summed E-state index contributed by atoms with van der Waals surface area (Å²) in [5.74, 6) is 0.490. The fourth-order valence-corrected chi connectivity index (χ4v) is 1.28. The Morgan fingerprint density at radius 1 is 1.00 bits per heavy atom. The number of hydrogen-bond acceptors (Lipinski definition) is 0. The quantitative estimate of drug-likeness (QED) is 0.698. The van der Waals surface area contributed by atoms with Crippen molar-refractivity contribution in [3.05, 3.63) is 60.2 Å². The molecule has 0 spiro atoms.